The summed E-state index contributed by atoms with van der Waals surface area (Å²) in [5.74, 6) is 3.13. The quantitative estimate of drug-likeness (QED) is 0.779. The van der Waals surface area contributed by atoms with E-state index in [1.165, 1.54) is 16.4 Å². The first-order chi connectivity index (χ1) is 12.6. The van der Waals surface area contributed by atoms with Gasteiger partial charge in [-0.3, -0.25) is 9.10 Å². The summed E-state index contributed by atoms with van der Waals surface area (Å²) in [6.07, 6.45) is 0.979. The van der Waals surface area contributed by atoms with E-state index in [0.29, 0.717) is 5.69 Å². The Balaban J connectivity index is 1.89. The highest BCUT2D eigenvalue weighted by Gasteiger charge is 2.37. The standard InChI is InChI=1S/C18H20FN5O2S/c1-18(11-27(3,26)24(2)17(20)23-18)12-5-4-6-14(9-12)22-16(25)15-8-7-13(19)10-21-15/h4-10H,3,11H2,1-2H3,(H2,20,23)(H,22,25)/t18-,27?/m0/s1. The van der Waals surface area contributed by atoms with Crippen molar-refractivity contribution >= 4 is 33.1 Å². The largest absolute Gasteiger partial charge is 0.369 e. The first-order valence-corrected chi connectivity index (χ1v) is 9.94. The summed E-state index contributed by atoms with van der Waals surface area (Å²) in [5.41, 5.74) is 6.42. The molecule has 0 aliphatic carbocycles. The molecule has 0 saturated carbocycles. The Morgan fingerprint density at radius 3 is 2.78 bits per heavy atom. The van der Waals surface area contributed by atoms with Crippen LogP contribution >= 0.6 is 0 Å². The molecule has 0 saturated heterocycles. The van der Waals surface area contributed by atoms with Gasteiger partial charge in [-0.05, 0) is 42.6 Å². The van der Waals surface area contributed by atoms with E-state index in [1.54, 1.807) is 25.2 Å². The minimum atomic E-state index is -2.60. The molecule has 9 heteroatoms. The number of hydrogen-bond acceptors (Lipinski definition) is 5. The minimum Gasteiger partial charge on any atom is -0.369 e. The molecule has 27 heavy (non-hydrogen) atoms. The number of carbonyl (C=O) groups excluding carboxylic acids is 1. The lowest BCUT2D eigenvalue weighted by Gasteiger charge is -2.37. The van der Waals surface area contributed by atoms with Gasteiger partial charge in [0, 0.05) is 12.7 Å². The minimum absolute atomic E-state index is 0.0929. The third-order valence-electron chi connectivity index (χ3n) is 4.39. The Morgan fingerprint density at radius 2 is 2.15 bits per heavy atom. The second kappa shape index (κ2) is 6.66. The number of pyridine rings is 1. The normalized spacial score (nSPS) is 25.0. The lowest BCUT2D eigenvalue weighted by atomic mass is 9.94. The summed E-state index contributed by atoms with van der Waals surface area (Å²) in [5, 5.41) is 2.71. The maximum Gasteiger partial charge on any atom is 0.274 e. The van der Waals surface area contributed by atoms with Crippen LogP contribution in [0.3, 0.4) is 0 Å². The summed E-state index contributed by atoms with van der Waals surface area (Å²) >= 11 is 0. The van der Waals surface area contributed by atoms with Crippen molar-refractivity contribution in [2.24, 2.45) is 10.7 Å². The van der Waals surface area contributed by atoms with Crippen molar-refractivity contribution < 1.29 is 13.4 Å². The number of rotatable bonds is 3. The molecule has 0 fully saturated rings. The van der Waals surface area contributed by atoms with Crippen LogP contribution in [0.25, 0.3) is 0 Å². The number of benzene rings is 1. The number of nitrogens with two attached hydrogens (primary N) is 1. The van der Waals surface area contributed by atoms with E-state index >= 15 is 0 Å². The first kappa shape index (κ1) is 18.8. The number of halogens is 1. The molecule has 0 bridgehead atoms. The summed E-state index contributed by atoms with van der Waals surface area (Å²) in [7, 11) is -1.01. The van der Waals surface area contributed by atoms with Gasteiger partial charge >= 0.3 is 0 Å². The second-order valence-electron chi connectivity index (χ2n) is 6.55. The van der Waals surface area contributed by atoms with Crippen LogP contribution in [0.1, 0.15) is 23.0 Å². The lowest BCUT2D eigenvalue weighted by Crippen LogP contribution is -2.50. The van der Waals surface area contributed by atoms with Gasteiger partial charge < -0.3 is 11.1 Å². The highest BCUT2D eigenvalue weighted by Crippen LogP contribution is 2.32. The fraction of sp³-hybridized carbons (Fsp3) is 0.222. The number of aliphatic imine (C=N–C) groups is 1. The van der Waals surface area contributed by atoms with Crippen molar-refractivity contribution in [1.82, 2.24) is 9.29 Å². The van der Waals surface area contributed by atoms with Crippen molar-refractivity contribution in [2.45, 2.75) is 12.5 Å². The molecule has 0 spiro atoms. The average molecular weight is 389 g/mol. The highest BCUT2D eigenvalue weighted by atomic mass is 32.2. The van der Waals surface area contributed by atoms with Crippen molar-refractivity contribution in [3.05, 3.63) is 59.7 Å². The lowest BCUT2D eigenvalue weighted by molar-refractivity contribution is 0.102. The van der Waals surface area contributed by atoms with Crippen molar-refractivity contribution in [3.63, 3.8) is 0 Å². The van der Waals surface area contributed by atoms with Gasteiger partial charge in [-0.25, -0.2) is 18.6 Å². The molecule has 2 heterocycles. The van der Waals surface area contributed by atoms with Gasteiger partial charge in [0.25, 0.3) is 5.91 Å². The molecule has 2 atom stereocenters. The van der Waals surface area contributed by atoms with E-state index in [2.05, 4.69) is 21.2 Å². The Kier molecular flexibility index (Phi) is 4.64. The van der Waals surface area contributed by atoms with Crippen LogP contribution in [-0.4, -0.2) is 44.0 Å². The molecule has 142 valence electrons. The van der Waals surface area contributed by atoms with E-state index in [-0.39, 0.29) is 17.4 Å². The van der Waals surface area contributed by atoms with Gasteiger partial charge in [0.2, 0.25) is 5.96 Å². The molecule has 3 rings (SSSR count). The summed E-state index contributed by atoms with van der Waals surface area (Å²) in [6.45, 7) is 1.82. The molecular formula is C18H20FN5O2S. The van der Waals surface area contributed by atoms with Gasteiger partial charge in [0.05, 0.1) is 27.2 Å². The highest BCUT2D eigenvalue weighted by molar-refractivity contribution is 7.98. The van der Waals surface area contributed by atoms with Gasteiger partial charge in [0.1, 0.15) is 11.5 Å². The predicted molar refractivity (Wildman–Crippen MR) is 105 cm³/mol. The number of nitrogens with zero attached hydrogens (tertiary/aromatic N) is 3. The van der Waals surface area contributed by atoms with Crippen LogP contribution in [0.15, 0.2) is 47.6 Å². The molecule has 1 aromatic heterocycles. The van der Waals surface area contributed by atoms with Crippen molar-refractivity contribution in [3.8, 4) is 0 Å². The number of anilines is 1. The summed E-state index contributed by atoms with van der Waals surface area (Å²) in [4.78, 5) is 20.5. The Labute approximate surface area is 157 Å². The Hall–Kier alpha value is -2.94. The summed E-state index contributed by atoms with van der Waals surface area (Å²) in [6, 6.07) is 9.49. The van der Waals surface area contributed by atoms with E-state index in [4.69, 9.17) is 5.73 Å². The Morgan fingerprint density at radius 1 is 1.41 bits per heavy atom. The molecule has 1 amide bonds. The molecule has 1 unspecified atom stereocenters. The summed E-state index contributed by atoms with van der Waals surface area (Å²) < 4.78 is 27.1. The molecule has 1 aliphatic rings. The molecule has 7 nitrogen and oxygen atoms in total. The third-order valence-corrected chi connectivity index (χ3v) is 6.59. The molecule has 1 aromatic carbocycles. The SMILES string of the molecule is C=S1(=O)C[C@@](C)(c2cccc(NC(=O)c3ccc(F)cn3)c2)N=C(N)N1C. The number of nitrogens with one attached hydrogen (secondary N) is 1. The van der Waals surface area contributed by atoms with Crippen molar-refractivity contribution in [1.29, 1.82) is 0 Å². The third kappa shape index (κ3) is 3.77. The monoisotopic (exact) mass is 389 g/mol. The van der Waals surface area contributed by atoms with Gasteiger partial charge in [-0.1, -0.05) is 12.1 Å². The average Bonchev–Trinajstić information content (AvgIpc) is 2.60. The van der Waals surface area contributed by atoms with Crippen LogP contribution in [0, 0.1) is 5.82 Å². The molecular weight excluding hydrogens is 369 g/mol. The van der Waals surface area contributed by atoms with Gasteiger partial charge in [-0.2, -0.15) is 0 Å². The zero-order valence-corrected chi connectivity index (χ0v) is 15.8. The fourth-order valence-electron chi connectivity index (χ4n) is 2.85. The number of hydrogen-bond donors (Lipinski definition) is 2. The van der Waals surface area contributed by atoms with Crippen LogP contribution in [0.4, 0.5) is 10.1 Å². The zero-order valence-electron chi connectivity index (χ0n) is 15.0. The number of guanidine groups is 1. The molecule has 0 radical (unpaired) electrons. The number of aromatic nitrogens is 1. The second-order valence-corrected chi connectivity index (χ2v) is 8.94. The first-order valence-electron chi connectivity index (χ1n) is 8.08. The van der Waals surface area contributed by atoms with Crippen molar-refractivity contribution in [2.75, 3.05) is 18.1 Å². The number of amides is 1. The Bertz CT molecular complexity index is 1020. The van der Waals surface area contributed by atoms with Crippen LogP contribution in [0.2, 0.25) is 0 Å². The zero-order chi connectivity index (χ0) is 19.8. The van der Waals surface area contributed by atoms with Crippen LogP contribution in [0.5, 0.6) is 0 Å². The van der Waals surface area contributed by atoms with Crippen LogP contribution < -0.4 is 11.1 Å². The van der Waals surface area contributed by atoms with E-state index in [9.17, 15) is 13.4 Å². The van der Waals surface area contributed by atoms with E-state index in [0.717, 1.165) is 11.8 Å². The smallest absolute Gasteiger partial charge is 0.274 e. The van der Waals surface area contributed by atoms with Gasteiger partial charge in [0.15, 0.2) is 0 Å². The van der Waals surface area contributed by atoms with E-state index in [1.807, 2.05) is 13.0 Å². The predicted octanol–water partition coefficient (Wildman–Crippen LogP) is 1.58. The molecule has 1 aliphatic heterocycles. The maximum absolute atomic E-state index is 13.0. The molecule has 3 N–H and O–H groups in total. The number of carbonyl (C=O) groups is 1. The van der Waals surface area contributed by atoms with Gasteiger partial charge in [-0.15, -0.1) is 0 Å². The van der Waals surface area contributed by atoms with Crippen LogP contribution in [-0.2, 0) is 15.2 Å². The van der Waals surface area contributed by atoms with E-state index < -0.39 is 27.0 Å². The topological polar surface area (TPSA) is 101 Å². The maximum atomic E-state index is 13.0. The fourth-order valence-corrected chi connectivity index (χ4v) is 4.53. The molecule has 2 aromatic rings.